The summed E-state index contributed by atoms with van der Waals surface area (Å²) in [5.41, 5.74) is 3.71. The molecule has 0 saturated heterocycles. The fourth-order valence-electron chi connectivity index (χ4n) is 2.30. The maximum atomic E-state index is 9.10. The lowest BCUT2D eigenvalue weighted by atomic mass is 10.1. The third-order valence-corrected chi connectivity index (χ3v) is 3.56. The van der Waals surface area contributed by atoms with Crippen LogP contribution in [0.25, 0.3) is 10.9 Å². The molecule has 0 bridgehead atoms. The number of aliphatic carboxylic acids is 2. The molecule has 2 heterocycles. The molecule has 1 aromatic carbocycles. The lowest BCUT2D eigenvalue weighted by Crippen LogP contribution is -2.14. The van der Waals surface area contributed by atoms with E-state index in [2.05, 4.69) is 63.8 Å². The van der Waals surface area contributed by atoms with Crippen molar-refractivity contribution in [1.82, 2.24) is 30.1 Å². The largest absolute Gasteiger partial charge is 0.473 e. The number of carbonyl (C=O) groups is 2. The standard InChI is InChI=1S/C14H18N6.C2H2O4/c1-19(2)6-5-12-8-15-14-4-3-11(7-13(12)14)9-20-17-10-16-18-20;3-1(4)2(5)6/h3-4,7-8,10,15H,5-6,9H2,1-2H3;(H,3,4)(H,5,6). The van der Waals surface area contributed by atoms with Crippen LogP contribution in [0.3, 0.4) is 0 Å². The van der Waals surface area contributed by atoms with Gasteiger partial charge < -0.3 is 20.1 Å². The summed E-state index contributed by atoms with van der Waals surface area (Å²) < 4.78 is 0. The molecule has 0 radical (unpaired) electrons. The molecule has 2 aromatic heterocycles. The van der Waals surface area contributed by atoms with Crippen molar-refractivity contribution < 1.29 is 19.8 Å². The number of H-pyrrole nitrogens is 1. The highest BCUT2D eigenvalue weighted by molar-refractivity contribution is 6.27. The molecule has 10 heteroatoms. The lowest BCUT2D eigenvalue weighted by Gasteiger charge is -2.08. The van der Waals surface area contributed by atoms with Gasteiger partial charge in [-0.3, -0.25) is 0 Å². The summed E-state index contributed by atoms with van der Waals surface area (Å²) in [6.45, 7) is 1.69. The number of rotatable bonds is 5. The Labute approximate surface area is 149 Å². The Bertz CT molecular complexity index is 860. The van der Waals surface area contributed by atoms with Gasteiger partial charge in [0.2, 0.25) is 0 Å². The predicted octanol–water partition coefficient (Wildman–Crippen LogP) is 0.462. The second-order valence-corrected chi connectivity index (χ2v) is 5.82. The van der Waals surface area contributed by atoms with Crippen LogP contribution in [0.4, 0.5) is 0 Å². The van der Waals surface area contributed by atoms with E-state index in [1.54, 1.807) is 4.80 Å². The highest BCUT2D eigenvalue weighted by Gasteiger charge is 2.06. The number of likely N-dealkylation sites (N-methyl/N-ethyl adjacent to an activating group) is 1. The summed E-state index contributed by atoms with van der Waals surface area (Å²) in [4.78, 5) is 25.3. The molecule has 138 valence electrons. The van der Waals surface area contributed by atoms with Gasteiger partial charge in [0.15, 0.2) is 6.33 Å². The minimum absolute atomic E-state index is 0.647. The third kappa shape index (κ3) is 5.38. The van der Waals surface area contributed by atoms with Crippen LogP contribution >= 0.6 is 0 Å². The van der Waals surface area contributed by atoms with Gasteiger partial charge in [0, 0.05) is 23.6 Å². The smallest absolute Gasteiger partial charge is 0.414 e. The number of nitrogens with zero attached hydrogens (tertiary/aromatic N) is 5. The number of fused-ring (bicyclic) bond motifs is 1. The van der Waals surface area contributed by atoms with E-state index in [1.807, 2.05) is 0 Å². The van der Waals surface area contributed by atoms with Gasteiger partial charge in [-0.2, -0.15) is 4.80 Å². The number of tetrazole rings is 1. The number of benzene rings is 1. The highest BCUT2D eigenvalue weighted by Crippen LogP contribution is 2.20. The first-order valence-electron chi connectivity index (χ1n) is 7.77. The Balaban J connectivity index is 0.000000352. The number of nitrogens with one attached hydrogen (secondary N) is 1. The number of hydrogen-bond acceptors (Lipinski definition) is 6. The number of hydrogen-bond donors (Lipinski definition) is 3. The first kappa shape index (κ1) is 19.1. The molecule has 26 heavy (non-hydrogen) atoms. The van der Waals surface area contributed by atoms with Crippen molar-refractivity contribution in [3.8, 4) is 0 Å². The van der Waals surface area contributed by atoms with E-state index in [0.29, 0.717) is 6.54 Å². The van der Waals surface area contributed by atoms with E-state index < -0.39 is 11.9 Å². The molecule has 0 atom stereocenters. The molecule has 3 N–H and O–H groups in total. The zero-order valence-electron chi connectivity index (χ0n) is 14.5. The number of aromatic amines is 1. The molecular formula is C16H20N6O4. The van der Waals surface area contributed by atoms with Crippen LogP contribution in [0.5, 0.6) is 0 Å². The van der Waals surface area contributed by atoms with E-state index in [0.717, 1.165) is 13.0 Å². The molecule has 0 spiro atoms. The van der Waals surface area contributed by atoms with Crippen LogP contribution in [0.15, 0.2) is 30.7 Å². The fraction of sp³-hybridized carbons (Fsp3) is 0.312. The fourth-order valence-corrected chi connectivity index (χ4v) is 2.30. The van der Waals surface area contributed by atoms with Gasteiger partial charge >= 0.3 is 11.9 Å². The van der Waals surface area contributed by atoms with Gasteiger partial charge in [0.25, 0.3) is 0 Å². The second-order valence-electron chi connectivity index (χ2n) is 5.82. The summed E-state index contributed by atoms with van der Waals surface area (Å²) >= 11 is 0. The van der Waals surface area contributed by atoms with E-state index in [4.69, 9.17) is 19.8 Å². The number of carboxylic acid groups (broad SMARTS) is 2. The Hall–Kier alpha value is -3.27. The SMILES string of the molecule is CN(C)CCc1c[nH]c2ccc(Cn3ncnn3)cc12.O=C(O)C(=O)O. The number of carboxylic acids is 2. The molecule has 0 saturated carbocycles. The molecule has 3 rings (SSSR count). The molecular weight excluding hydrogens is 340 g/mol. The quantitative estimate of drug-likeness (QED) is 0.558. The lowest BCUT2D eigenvalue weighted by molar-refractivity contribution is -0.159. The zero-order chi connectivity index (χ0) is 19.1. The maximum absolute atomic E-state index is 9.10. The summed E-state index contributed by atoms with van der Waals surface area (Å²) in [6, 6.07) is 6.42. The highest BCUT2D eigenvalue weighted by atomic mass is 16.4. The van der Waals surface area contributed by atoms with Gasteiger partial charge in [-0.1, -0.05) is 6.07 Å². The van der Waals surface area contributed by atoms with E-state index in [1.165, 1.54) is 28.4 Å². The van der Waals surface area contributed by atoms with Crippen LogP contribution in [-0.2, 0) is 22.6 Å². The van der Waals surface area contributed by atoms with E-state index in [9.17, 15) is 0 Å². The minimum atomic E-state index is -1.82. The van der Waals surface area contributed by atoms with Crippen LogP contribution in [0.1, 0.15) is 11.1 Å². The summed E-state index contributed by atoms with van der Waals surface area (Å²) in [5, 5.41) is 27.7. The molecule has 0 aliphatic heterocycles. The third-order valence-electron chi connectivity index (χ3n) is 3.56. The Kier molecular flexibility index (Phi) is 6.39. The normalized spacial score (nSPS) is 10.6. The zero-order valence-corrected chi connectivity index (χ0v) is 14.5. The molecule has 0 fully saturated rings. The van der Waals surface area contributed by atoms with Crippen LogP contribution in [-0.4, -0.2) is 72.9 Å². The van der Waals surface area contributed by atoms with Crippen molar-refractivity contribution in [2.75, 3.05) is 20.6 Å². The topological polar surface area (TPSA) is 137 Å². The Morgan fingerprint density at radius 2 is 1.96 bits per heavy atom. The van der Waals surface area contributed by atoms with Gasteiger partial charge in [-0.15, -0.1) is 10.2 Å². The first-order valence-corrected chi connectivity index (χ1v) is 7.77. The molecule has 0 unspecified atom stereocenters. The van der Waals surface area contributed by atoms with Gasteiger partial charge in [0.05, 0.1) is 6.54 Å². The molecule has 3 aromatic rings. The summed E-state index contributed by atoms with van der Waals surface area (Å²) in [6.07, 6.45) is 4.60. The van der Waals surface area contributed by atoms with E-state index >= 15 is 0 Å². The predicted molar refractivity (Wildman–Crippen MR) is 92.7 cm³/mol. The summed E-state index contributed by atoms with van der Waals surface area (Å²) in [5.74, 6) is -3.65. The van der Waals surface area contributed by atoms with Crippen molar-refractivity contribution in [3.63, 3.8) is 0 Å². The van der Waals surface area contributed by atoms with Crippen molar-refractivity contribution >= 4 is 22.8 Å². The molecule has 0 amide bonds. The van der Waals surface area contributed by atoms with Crippen molar-refractivity contribution in [2.45, 2.75) is 13.0 Å². The van der Waals surface area contributed by atoms with Gasteiger partial charge in [0.1, 0.15) is 0 Å². The van der Waals surface area contributed by atoms with Crippen LogP contribution < -0.4 is 0 Å². The Morgan fingerprint density at radius 3 is 2.54 bits per heavy atom. The summed E-state index contributed by atoms with van der Waals surface area (Å²) in [7, 11) is 4.19. The molecule has 10 nitrogen and oxygen atoms in total. The van der Waals surface area contributed by atoms with Gasteiger partial charge in [-0.25, -0.2) is 9.59 Å². The Morgan fingerprint density at radius 1 is 1.23 bits per heavy atom. The molecule has 0 aliphatic carbocycles. The van der Waals surface area contributed by atoms with E-state index in [-0.39, 0.29) is 0 Å². The first-order chi connectivity index (χ1) is 12.4. The second kappa shape index (κ2) is 8.72. The van der Waals surface area contributed by atoms with Crippen LogP contribution in [0.2, 0.25) is 0 Å². The minimum Gasteiger partial charge on any atom is -0.473 e. The van der Waals surface area contributed by atoms with Crippen molar-refractivity contribution in [1.29, 1.82) is 0 Å². The van der Waals surface area contributed by atoms with Gasteiger partial charge in [-0.05, 0) is 49.0 Å². The van der Waals surface area contributed by atoms with Crippen molar-refractivity contribution in [2.24, 2.45) is 0 Å². The molecule has 0 aliphatic rings. The maximum Gasteiger partial charge on any atom is 0.414 e. The average molecular weight is 360 g/mol. The van der Waals surface area contributed by atoms with Crippen LogP contribution in [0, 0.1) is 0 Å². The number of aromatic nitrogens is 5. The van der Waals surface area contributed by atoms with Crippen molar-refractivity contribution in [3.05, 3.63) is 41.9 Å². The average Bonchev–Trinajstić information content (AvgIpc) is 3.23. The monoisotopic (exact) mass is 360 g/mol.